The number of hydrogen-bond acceptors (Lipinski definition) is 3. The summed E-state index contributed by atoms with van der Waals surface area (Å²) in [6.07, 6.45) is 0. The van der Waals surface area contributed by atoms with Crippen LogP contribution in [-0.4, -0.2) is 25.0 Å². The molecule has 0 spiro atoms. The van der Waals surface area contributed by atoms with Crippen LogP contribution in [0, 0.1) is 0 Å². The number of hydrogen-bond donors (Lipinski definition) is 2. The van der Waals surface area contributed by atoms with Crippen LogP contribution in [0.4, 0.5) is 10.5 Å². The first-order valence-corrected chi connectivity index (χ1v) is 7.60. The Morgan fingerprint density at radius 3 is 2.17 bits per heavy atom. The van der Waals surface area contributed by atoms with Crippen LogP contribution in [0.2, 0.25) is 0 Å². The second kappa shape index (κ2) is 8.58. The fourth-order valence-corrected chi connectivity index (χ4v) is 2.23. The number of carbonyl (C=O) groups excluding carboxylic acids is 2. The van der Waals surface area contributed by atoms with Crippen molar-refractivity contribution in [3.8, 4) is 0 Å². The summed E-state index contributed by atoms with van der Waals surface area (Å²) >= 11 is 0. The Labute approximate surface area is 136 Å². The van der Waals surface area contributed by atoms with Gasteiger partial charge in [0, 0.05) is 18.8 Å². The number of nitrogens with one attached hydrogen (secondary N) is 2. The van der Waals surface area contributed by atoms with Crippen LogP contribution in [0.5, 0.6) is 0 Å². The van der Waals surface area contributed by atoms with Gasteiger partial charge in [-0.2, -0.15) is 0 Å². The first-order valence-electron chi connectivity index (χ1n) is 7.60. The van der Waals surface area contributed by atoms with Gasteiger partial charge in [0.2, 0.25) is 5.91 Å². The van der Waals surface area contributed by atoms with Crippen LogP contribution >= 0.6 is 0 Å². The first-order chi connectivity index (χ1) is 11.2. The van der Waals surface area contributed by atoms with Crippen molar-refractivity contribution in [3.05, 3.63) is 66.2 Å². The van der Waals surface area contributed by atoms with E-state index in [2.05, 4.69) is 10.6 Å². The highest BCUT2D eigenvalue weighted by molar-refractivity contribution is 5.96. The van der Waals surface area contributed by atoms with Crippen LogP contribution in [0.3, 0.4) is 0 Å². The molecule has 0 aliphatic rings. The molecule has 120 valence electrons. The van der Waals surface area contributed by atoms with Gasteiger partial charge >= 0.3 is 6.03 Å². The molecular weight excluding hydrogens is 290 g/mol. The summed E-state index contributed by atoms with van der Waals surface area (Å²) in [6.45, 7) is 2.98. The van der Waals surface area contributed by atoms with Crippen molar-refractivity contribution in [3.63, 3.8) is 0 Å². The van der Waals surface area contributed by atoms with E-state index in [1.165, 1.54) is 0 Å². The third-order valence-corrected chi connectivity index (χ3v) is 3.26. The average Bonchev–Trinajstić information content (AvgIpc) is 2.56. The number of benzene rings is 2. The molecule has 2 N–H and O–H groups in total. The van der Waals surface area contributed by atoms with Gasteiger partial charge in [-0.1, -0.05) is 48.5 Å². The van der Waals surface area contributed by atoms with E-state index in [4.69, 9.17) is 0 Å². The molecule has 0 radical (unpaired) electrons. The second-order valence-electron chi connectivity index (χ2n) is 5.08. The summed E-state index contributed by atoms with van der Waals surface area (Å²) in [5, 5.41) is 4.89. The lowest BCUT2D eigenvalue weighted by molar-refractivity contribution is -0.118. The highest BCUT2D eigenvalue weighted by atomic mass is 16.2. The molecule has 0 unspecified atom stereocenters. The number of carbonyl (C=O) groups is 2. The Balaban J connectivity index is 2.08. The highest BCUT2D eigenvalue weighted by Gasteiger charge is 2.14. The molecule has 2 rings (SSSR count). The second-order valence-corrected chi connectivity index (χ2v) is 5.08. The highest BCUT2D eigenvalue weighted by Crippen LogP contribution is 2.16. The lowest BCUT2D eigenvalue weighted by Gasteiger charge is -2.24. The number of nitrogens with zero attached hydrogens (tertiary/aromatic N) is 1. The van der Waals surface area contributed by atoms with E-state index in [0.29, 0.717) is 13.1 Å². The summed E-state index contributed by atoms with van der Waals surface area (Å²) in [7, 11) is 0. The zero-order valence-corrected chi connectivity index (χ0v) is 13.2. The average molecular weight is 311 g/mol. The minimum absolute atomic E-state index is 0.107. The summed E-state index contributed by atoms with van der Waals surface area (Å²) in [5.41, 5.74) is 2.03. The Morgan fingerprint density at radius 1 is 0.957 bits per heavy atom. The van der Waals surface area contributed by atoms with E-state index in [9.17, 15) is 9.59 Å². The molecule has 0 aromatic heterocycles. The number of imide groups is 1. The van der Waals surface area contributed by atoms with Crippen molar-refractivity contribution in [2.45, 2.75) is 13.5 Å². The van der Waals surface area contributed by atoms with Gasteiger partial charge in [-0.15, -0.1) is 0 Å². The van der Waals surface area contributed by atoms with Crippen LogP contribution in [-0.2, 0) is 11.3 Å². The monoisotopic (exact) mass is 311 g/mol. The molecule has 0 saturated heterocycles. The summed E-state index contributed by atoms with van der Waals surface area (Å²) < 4.78 is 0. The van der Waals surface area contributed by atoms with Crippen LogP contribution in [0.15, 0.2) is 60.7 Å². The fraction of sp³-hybridized carbons (Fsp3) is 0.222. The predicted molar refractivity (Wildman–Crippen MR) is 91.1 cm³/mol. The first kappa shape index (κ1) is 16.5. The van der Waals surface area contributed by atoms with E-state index in [1.54, 1.807) is 6.92 Å². The van der Waals surface area contributed by atoms with Gasteiger partial charge in [0.15, 0.2) is 0 Å². The summed E-state index contributed by atoms with van der Waals surface area (Å²) in [6, 6.07) is 19.1. The van der Waals surface area contributed by atoms with Crippen LogP contribution in [0.1, 0.15) is 12.5 Å². The van der Waals surface area contributed by atoms with Crippen LogP contribution < -0.4 is 15.5 Å². The van der Waals surface area contributed by atoms with Gasteiger partial charge in [-0.05, 0) is 24.6 Å². The van der Waals surface area contributed by atoms with E-state index >= 15 is 0 Å². The molecule has 5 nitrogen and oxygen atoms in total. The molecule has 0 saturated carbocycles. The smallest absolute Gasteiger partial charge is 0.321 e. The van der Waals surface area contributed by atoms with Crippen molar-refractivity contribution in [2.75, 3.05) is 18.0 Å². The topological polar surface area (TPSA) is 61.4 Å². The third kappa shape index (κ3) is 5.47. The Bertz CT molecular complexity index is 629. The molecular formula is C18H21N3O2. The van der Waals surface area contributed by atoms with Crippen molar-refractivity contribution in [2.24, 2.45) is 0 Å². The molecule has 0 aliphatic carbocycles. The molecule has 2 aromatic rings. The minimum atomic E-state index is -0.467. The maximum atomic E-state index is 12.1. The van der Waals surface area contributed by atoms with Crippen molar-refractivity contribution >= 4 is 17.6 Å². The largest absolute Gasteiger partial charge is 0.358 e. The number of amides is 3. The quantitative estimate of drug-likeness (QED) is 0.862. The lowest BCUT2D eigenvalue weighted by Crippen LogP contribution is -2.44. The summed E-state index contributed by atoms with van der Waals surface area (Å²) in [4.78, 5) is 25.5. The van der Waals surface area contributed by atoms with Crippen molar-refractivity contribution in [1.82, 2.24) is 10.6 Å². The molecule has 23 heavy (non-hydrogen) atoms. The Kier molecular flexibility index (Phi) is 6.17. The standard InChI is InChI=1S/C18H21N3O2/c1-2-19-18(23)20-17(22)14-21(16-11-7-4-8-12-16)13-15-9-5-3-6-10-15/h3-12H,2,13-14H2,1H3,(H2,19,20,22,23). The molecule has 2 aromatic carbocycles. The number of rotatable bonds is 6. The molecule has 0 heterocycles. The minimum Gasteiger partial charge on any atom is -0.358 e. The normalized spacial score (nSPS) is 9.96. The van der Waals surface area contributed by atoms with Crippen molar-refractivity contribution < 1.29 is 9.59 Å². The SMILES string of the molecule is CCNC(=O)NC(=O)CN(Cc1ccccc1)c1ccccc1. The van der Waals surface area contributed by atoms with Gasteiger partial charge in [0.1, 0.15) is 0 Å². The maximum Gasteiger partial charge on any atom is 0.321 e. The molecule has 0 bridgehead atoms. The molecule has 0 aliphatic heterocycles. The number of urea groups is 1. The molecule has 0 atom stereocenters. The van der Waals surface area contributed by atoms with Gasteiger partial charge in [0.25, 0.3) is 0 Å². The Morgan fingerprint density at radius 2 is 1.57 bits per heavy atom. The van der Waals surface area contributed by atoms with Crippen LogP contribution in [0.25, 0.3) is 0 Å². The molecule has 5 heteroatoms. The summed E-state index contributed by atoms with van der Waals surface area (Å²) in [5.74, 6) is -0.337. The molecule has 3 amide bonds. The van der Waals surface area contributed by atoms with E-state index in [1.807, 2.05) is 65.6 Å². The maximum absolute atomic E-state index is 12.1. The van der Waals surface area contributed by atoms with E-state index < -0.39 is 6.03 Å². The molecule has 0 fully saturated rings. The van der Waals surface area contributed by atoms with Gasteiger partial charge in [-0.3, -0.25) is 10.1 Å². The number of anilines is 1. The van der Waals surface area contributed by atoms with Gasteiger partial charge in [0.05, 0.1) is 6.54 Å². The Hall–Kier alpha value is -2.82. The van der Waals surface area contributed by atoms with Gasteiger partial charge in [-0.25, -0.2) is 4.79 Å². The zero-order chi connectivity index (χ0) is 16.5. The van der Waals surface area contributed by atoms with E-state index in [-0.39, 0.29) is 12.5 Å². The fourth-order valence-electron chi connectivity index (χ4n) is 2.23. The van der Waals surface area contributed by atoms with Crippen molar-refractivity contribution in [1.29, 1.82) is 0 Å². The van der Waals surface area contributed by atoms with E-state index in [0.717, 1.165) is 11.3 Å². The van der Waals surface area contributed by atoms with Gasteiger partial charge < -0.3 is 10.2 Å². The predicted octanol–water partition coefficient (Wildman–Crippen LogP) is 2.54. The zero-order valence-electron chi connectivity index (χ0n) is 13.2. The lowest BCUT2D eigenvalue weighted by atomic mass is 10.2. The third-order valence-electron chi connectivity index (χ3n) is 3.26. The number of para-hydroxylation sites is 1.